The normalized spacial score (nSPS) is 11.7. The summed E-state index contributed by atoms with van der Waals surface area (Å²) in [6.07, 6.45) is 3.82. The lowest BCUT2D eigenvalue weighted by atomic mass is 10.1. The molecule has 0 spiro atoms. The fourth-order valence-electron chi connectivity index (χ4n) is 2.46. The number of benzene rings is 2. The van der Waals surface area contributed by atoms with Crippen LogP contribution in [-0.4, -0.2) is 36.4 Å². The molecule has 0 fully saturated rings. The van der Waals surface area contributed by atoms with Gasteiger partial charge in [0.05, 0.1) is 16.3 Å². The van der Waals surface area contributed by atoms with E-state index in [0.29, 0.717) is 5.75 Å². The van der Waals surface area contributed by atoms with Crippen LogP contribution in [0.15, 0.2) is 59.6 Å². The van der Waals surface area contributed by atoms with E-state index >= 15 is 0 Å². The average Bonchev–Trinajstić information content (AvgIpc) is 2.68. The first-order valence-corrected chi connectivity index (χ1v) is 9.23. The molecule has 0 aliphatic heterocycles. The predicted octanol–water partition coefficient (Wildman–Crippen LogP) is 4.82. The third kappa shape index (κ3) is 4.85. The molecule has 0 saturated heterocycles. The summed E-state index contributed by atoms with van der Waals surface area (Å²) >= 11 is 1.61. The van der Waals surface area contributed by atoms with Crippen LogP contribution in [0, 0.1) is 0 Å². The van der Waals surface area contributed by atoms with Crippen molar-refractivity contribution in [3.63, 3.8) is 0 Å². The van der Waals surface area contributed by atoms with Gasteiger partial charge >= 0.3 is 0 Å². The SMILES string of the molecule is COC(CSc1ccc2ccc(/C=C/c3ccc(O)cc3)cc2n1)OC. The quantitative estimate of drug-likeness (QED) is 0.368. The van der Waals surface area contributed by atoms with Gasteiger partial charge in [-0.3, -0.25) is 0 Å². The Morgan fingerprint density at radius 2 is 1.62 bits per heavy atom. The van der Waals surface area contributed by atoms with Crippen LogP contribution in [0.4, 0.5) is 0 Å². The highest BCUT2D eigenvalue weighted by Crippen LogP contribution is 2.23. The molecule has 0 amide bonds. The van der Waals surface area contributed by atoms with Gasteiger partial charge in [0, 0.05) is 19.6 Å². The van der Waals surface area contributed by atoms with Crippen LogP contribution in [0.25, 0.3) is 23.1 Å². The van der Waals surface area contributed by atoms with E-state index in [4.69, 9.17) is 14.5 Å². The number of ether oxygens (including phenoxy) is 2. The summed E-state index contributed by atoms with van der Waals surface area (Å²) < 4.78 is 10.4. The molecule has 1 heterocycles. The van der Waals surface area contributed by atoms with Crippen molar-refractivity contribution in [1.29, 1.82) is 0 Å². The van der Waals surface area contributed by atoms with E-state index in [9.17, 15) is 5.11 Å². The maximum absolute atomic E-state index is 9.35. The number of phenolic OH excluding ortho intramolecular Hbond substituents is 1. The molecule has 5 heteroatoms. The van der Waals surface area contributed by atoms with Crippen LogP contribution in [0.5, 0.6) is 5.75 Å². The molecule has 0 bridgehead atoms. The molecule has 3 rings (SSSR count). The van der Waals surface area contributed by atoms with Crippen LogP contribution < -0.4 is 0 Å². The number of nitrogens with zero attached hydrogens (tertiary/aromatic N) is 1. The second-order valence-electron chi connectivity index (χ2n) is 5.74. The van der Waals surface area contributed by atoms with Gasteiger partial charge in [0.15, 0.2) is 6.29 Å². The standard InChI is InChI=1S/C21H21NO3S/c1-24-21(25-2)14-26-20-12-9-17-8-5-16(13-19(17)22-20)4-3-15-6-10-18(23)11-7-15/h3-13,21,23H,14H2,1-2H3/b4-3+. The Hall–Kier alpha value is -2.34. The van der Waals surface area contributed by atoms with Gasteiger partial charge in [0.25, 0.3) is 0 Å². The van der Waals surface area contributed by atoms with Crippen molar-refractivity contribution in [1.82, 2.24) is 4.98 Å². The first-order chi connectivity index (χ1) is 12.7. The Kier molecular flexibility index (Phi) is 6.28. The highest BCUT2D eigenvalue weighted by Gasteiger charge is 2.07. The molecule has 0 atom stereocenters. The predicted molar refractivity (Wildman–Crippen MR) is 107 cm³/mol. The summed E-state index contributed by atoms with van der Waals surface area (Å²) in [6.45, 7) is 0. The molecule has 26 heavy (non-hydrogen) atoms. The zero-order valence-electron chi connectivity index (χ0n) is 14.8. The number of thioether (sulfide) groups is 1. The zero-order chi connectivity index (χ0) is 18.4. The summed E-state index contributed by atoms with van der Waals surface area (Å²) in [6, 6.07) is 17.4. The van der Waals surface area contributed by atoms with Crippen molar-refractivity contribution in [3.05, 3.63) is 65.7 Å². The Balaban J connectivity index is 1.77. The van der Waals surface area contributed by atoms with E-state index in [0.717, 1.165) is 27.1 Å². The monoisotopic (exact) mass is 367 g/mol. The highest BCUT2D eigenvalue weighted by atomic mass is 32.2. The van der Waals surface area contributed by atoms with Crippen LogP contribution >= 0.6 is 11.8 Å². The lowest BCUT2D eigenvalue weighted by Gasteiger charge is -2.12. The molecular formula is C21H21NO3S. The summed E-state index contributed by atoms with van der Waals surface area (Å²) in [4.78, 5) is 4.73. The van der Waals surface area contributed by atoms with E-state index in [1.54, 1.807) is 38.1 Å². The van der Waals surface area contributed by atoms with E-state index in [2.05, 4.69) is 24.3 Å². The van der Waals surface area contributed by atoms with Crippen molar-refractivity contribution in [2.24, 2.45) is 0 Å². The first kappa shape index (κ1) is 18.5. The van der Waals surface area contributed by atoms with Crippen molar-refractivity contribution in [3.8, 4) is 5.75 Å². The second kappa shape index (κ2) is 8.85. The van der Waals surface area contributed by atoms with Gasteiger partial charge in [0.2, 0.25) is 0 Å². The summed E-state index contributed by atoms with van der Waals surface area (Å²) in [5.74, 6) is 0.956. The Morgan fingerprint density at radius 3 is 2.35 bits per heavy atom. The van der Waals surface area contributed by atoms with Gasteiger partial charge in [-0.1, -0.05) is 42.5 Å². The van der Waals surface area contributed by atoms with E-state index in [1.165, 1.54) is 0 Å². The maximum atomic E-state index is 9.35. The number of aromatic nitrogens is 1. The number of fused-ring (bicyclic) bond motifs is 1. The molecule has 2 aromatic carbocycles. The third-order valence-corrected chi connectivity index (χ3v) is 4.91. The molecule has 1 N–H and O–H groups in total. The largest absolute Gasteiger partial charge is 0.508 e. The number of pyridine rings is 1. The molecule has 0 radical (unpaired) electrons. The number of aromatic hydroxyl groups is 1. The summed E-state index contributed by atoms with van der Waals surface area (Å²) in [7, 11) is 3.27. The van der Waals surface area contributed by atoms with Crippen molar-refractivity contribution >= 4 is 34.8 Å². The molecule has 4 nitrogen and oxygen atoms in total. The van der Waals surface area contributed by atoms with E-state index in [-0.39, 0.29) is 12.0 Å². The molecule has 3 aromatic rings. The Morgan fingerprint density at radius 1 is 0.962 bits per heavy atom. The van der Waals surface area contributed by atoms with Gasteiger partial charge in [-0.05, 0) is 35.4 Å². The molecule has 0 aliphatic rings. The number of hydrogen-bond acceptors (Lipinski definition) is 5. The zero-order valence-corrected chi connectivity index (χ0v) is 15.6. The summed E-state index contributed by atoms with van der Waals surface area (Å²) in [5, 5.41) is 11.4. The first-order valence-electron chi connectivity index (χ1n) is 8.24. The molecule has 0 aliphatic carbocycles. The molecule has 0 unspecified atom stereocenters. The lowest BCUT2D eigenvalue weighted by molar-refractivity contribution is -0.0842. The van der Waals surface area contributed by atoms with Gasteiger partial charge in [-0.25, -0.2) is 4.98 Å². The number of rotatable bonds is 7. The maximum Gasteiger partial charge on any atom is 0.166 e. The number of hydrogen-bond donors (Lipinski definition) is 1. The minimum Gasteiger partial charge on any atom is -0.508 e. The van der Waals surface area contributed by atoms with Crippen molar-refractivity contribution < 1.29 is 14.6 Å². The highest BCUT2D eigenvalue weighted by molar-refractivity contribution is 7.99. The van der Waals surface area contributed by atoms with E-state index < -0.39 is 0 Å². The van der Waals surface area contributed by atoms with Gasteiger partial charge in [-0.15, -0.1) is 11.8 Å². The van der Waals surface area contributed by atoms with Crippen molar-refractivity contribution in [2.75, 3.05) is 20.0 Å². The van der Waals surface area contributed by atoms with Crippen LogP contribution in [0.1, 0.15) is 11.1 Å². The van der Waals surface area contributed by atoms with E-state index in [1.807, 2.05) is 30.4 Å². The van der Waals surface area contributed by atoms with Crippen LogP contribution in [-0.2, 0) is 9.47 Å². The Bertz CT molecular complexity index is 889. The number of methoxy groups -OCH3 is 2. The number of phenols is 1. The molecule has 1 aromatic heterocycles. The second-order valence-corrected chi connectivity index (χ2v) is 6.78. The third-order valence-electron chi connectivity index (χ3n) is 3.95. The van der Waals surface area contributed by atoms with Gasteiger partial charge in [0.1, 0.15) is 5.75 Å². The van der Waals surface area contributed by atoms with Gasteiger partial charge < -0.3 is 14.6 Å². The lowest BCUT2D eigenvalue weighted by Crippen LogP contribution is -2.15. The van der Waals surface area contributed by atoms with Crippen LogP contribution in [0.3, 0.4) is 0 Å². The topological polar surface area (TPSA) is 51.6 Å². The van der Waals surface area contributed by atoms with Gasteiger partial charge in [-0.2, -0.15) is 0 Å². The van der Waals surface area contributed by atoms with Crippen molar-refractivity contribution in [2.45, 2.75) is 11.3 Å². The Labute approximate surface area is 157 Å². The minimum atomic E-state index is -0.239. The molecule has 0 saturated carbocycles. The molecular weight excluding hydrogens is 346 g/mol. The fourth-order valence-corrected chi connectivity index (χ4v) is 3.37. The minimum absolute atomic E-state index is 0.239. The smallest absolute Gasteiger partial charge is 0.166 e. The van der Waals surface area contributed by atoms with Crippen LogP contribution in [0.2, 0.25) is 0 Å². The fraction of sp³-hybridized carbons (Fsp3) is 0.190. The summed E-state index contributed by atoms with van der Waals surface area (Å²) in [5.41, 5.74) is 3.06. The average molecular weight is 367 g/mol. The molecule has 134 valence electrons.